The lowest BCUT2D eigenvalue weighted by atomic mass is 9.89. The van der Waals surface area contributed by atoms with Crippen LogP contribution in [0.2, 0.25) is 0 Å². The van der Waals surface area contributed by atoms with Gasteiger partial charge in [-0.1, -0.05) is 31.9 Å². The van der Waals surface area contributed by atoms with Gasteiger partial charge in [-0.25, -0.2) is 9.18 Å². The van der Waals surface area contributed by atoms with Crippen LogP contribution in [-0.4, -0.2) is 48.3 Å². The fourth-order valence-corrected chi connectivity index (χ4v) is 4.82. The van der Waals surface area contributed by atoms with E-state index in [2.05, 4.69) is 29.7 Å². The van der Waals surface area contributed by atoms with E-state index in [0.717, 1.165) is 24.1 Å². The minimum Gasteiger partial charge on any atom is -0.392 e. The predicted octanol–water partition coefficient (Wildman–Crippen LogP) is 5.49. The Kier molecular flexibility index (Phi) is 9.89. The molecule has 2 unspecified atom stereocenters. The number of amides is 2. The third kappa shape index (κ3) is 8.44. The van der Waals surface area contributed by atoms with Crippen molar-refractivity contribution in [3.05, 3.63) is 65.0 Å². The number of halogens is 4. The molecule has 0 spiro atoms. The van der Waals surface area contributed by atoms with Crippen LogP contribution < -0.4 is 10.6 Å². The van der Waals surface area contributed by atoms with E-state index in [4.69, 9.17) is 5.26 Å². The first-order chi connectivity index (χ1) is 17.6. The second-order valence-electron chi connectivity index (χ2n) is 9.57. The van der Waals surface area contributed by atoms with Gasteiger partial charge in [-0.05, 0) is 60.6 Å². The van der Waals surface area contributed by atoms with Crippen LogP contribution in [0.1, 0.15) is 55.2 Å². The Morgan fingerprint density at radius 2 is 1.97 bits per heavy atom. The molecule has 200 valence electrons. The van der Waals surface area contributed by atoms with Crippen molar-refractivity contribution in [2.45, 2.75) is 50.8 Å². The van der Waals surface area contributed by atoms with E-state index in [9.17, 15) is 27.5 Å². The summed E-state index contributed by atoms with van der Waals surface area (Å²) >= 11 is 0. The Labute approximate surface area is 214 Å². The zero-order chi connectivity index (χ0) is 27.0. The summed E-state index contributed by atoms with van der Waals surface area (Å²) in [4.78, 5) is 13.6. The topological polar surface area (TPSA) is 88.4 Å². The fourth-order valence-electron chi connectivity index (χ4n) is 4.82. The second kappa shape index (κ2) is 12.9. The first-order valence-corrected chi connectivity index (χ1v) is 12.4. The molecule has 0 bridgehead atoms. The molecule has 1 aliphatic heterocycles. The number of hydrogen-bond acceptors (Lipinski definition) is 4. The first-order valence-electron chi connectivity index (χ1n) is 12.4. The average Bonchev–Trinajstić information content (AvgIpc) is 3.47. The van der Waals surface area contributed by atoms with Crippen LogP contribution in [0, 0.1) is 23.1 Å². The van der Waals surface area contributed by atoms with Crippen molar-refractivity contribution >= 4 is 11.7 Å². The van der Waals surface area contributed by atoms with E-state index in [1.165, 1.54) is 24.8 Å². The number of anilines is 1. The van der Waals surface area contributed by atoms with Crippen molar-refractivity contribution in [2.75, 3.05) is 31.5 Å². The number of aliphatic hydroxyl groups excluding tert-OH is 1. The van der Waals surface area contributed by atoms with Gasteiger partial charge in [-0.3, -0.25) is 4.90 Å². The Morgan fingerprint density at radius 1 is 1.19 bits per heavy atom. The van der Waals surface area contributed by atoms with Crippen LogP contribution in [0.5, 0.6) is 0 Å². The lowest BCUT2D eigenvalue weighted by molar-refractivity contribution is -0.139. The molecule has 10 heteroatoms. The molecule has 1 saturated carbocycles. The van der Waals surface area contributed by atoms with Gasteiger partial charge in [0.15, 0.2) is 0 Å². The summed E-state index contributed by atoms with van der Waals surface area (Å²) in [7, 11) is 0. The van der Waals surface area contributed by atoms with Gasteiger partial charge >= 0.3 is 12.2 Å². The summed E-state index contributed by atoms with van der Waals surface area (Å²) in [6.45, 7) is 4.40. The standard InChI is InChI=1S/C14H17F4N3O2.C13H15N/c15-12-2-1-9(7-11(12)14(16,17)18)20-13(23)19-4-6-21-5-3-10(22)8-21;1-10-4-2-7-13(10)12-6-3-5-11(8-12)9-14/h1-2,7,10,22H,3-6,8H2,(H2,19,20,23);3,5-6,8,10,13H,2,4,7H2,1H3/t;10-,13?/m.0/s1. The monoisotopic (exact) mass is 520 g/mol. The maximum atomic E-state index is 13.1. The Bertz CT molecular complexity index is 1100. The summed E-state index contributed by atoms with van der Waals surface area (Å²) in [6, 6.07) is 11.9. The number of benzene rings is 2. The molecule has 2 aromatic rings. The molecule has 1 aliphatic carbocycles. The zero-order valence-corrected chi connectivity index (χ0v) is 20.7. The van der Waals surface area contributed by atoms with E-state index in [1.54, 1.807) is 0 Å². The SMILES string of the molecule is C[C@H]1CCCC1c1cccc(C#N)c1.O=C(NCCN1CCC(O)C1)Nc1ccc(F)c(C(F)(F)F)c1. The zero-order valence-electron chi connectivity index (χ0n) is 20.7. The van der Waals surface area contributed by atoms with Gasteiger partial charge in [-0.15, -0.1) is 0 Å². The molecular formula is C27H32F4N4O2. The summed E-state index contributed by atoms with van der Waals surface area (Å²) in [6.07, 6.45) is -0.541. The number of carbonyl (C=O) groups is 1. The molecule has 0 aromatic heterocycles. The molecule has 3 atom stereocenters. The molecular weight excluding hydrogens is 488 g/mol. The molecule has 1 heterocycles. The van der Waals surface area contributed by atoms with Gasteiger partial charge in [0.1, 0.15) is 5.82 Å². The van der Waals surface area contributed by atoms with Gasteiger partial charge in [-0.2, -0.15) is 18.4 Å². The Morgan fingerprint density at radius 3 is 2.59 bits per heavy atom. The highest BCUT2D eigenvalue weighted by Gasteiger charge is 2.34. The van der Waals surface area contributed by atoms with Crippen molar-refractivity contribution < 1.29 is 27.5 Å². The summed E-state index contributed by atoms with van der Waals surface area (Å²) in [5, 5.41) is 22.9. The molecule has 2 aliphatic rings. The molecule has 2 amide bonds. The Hall–Kier alpha value is -3.16. The van der Waals surface area contributed by atoms with E-state index in [-0.39, 0.29) is 18.3 Å². The molecule has 6 nitrogen and oxygen atoms in total. The molecule has 37 heavy (non-hydrogen) atoms. The number of likely N-dealkylation sites (tertiary alicyclic amines) is 1. The molecule has 2 aromatic carbocycles. The number of rotatable bonds is 5. The fraction of sp³-hybridized carbons (Fsp3) is 0.481. The molecule has 2 fully saturated rings. The van der Waals surface area contributed by atoms with Crippen LogP contribution in [0.4, 0.5) is 28.0 Å². The minimum absolute atomic E-state index is 0.146. The number of alkyl halides is 3. The quantitative estimate of drug-likeness (QED) is 0.455. The lowest BCUT2D eigenvalue weighted by Gasteiger charge is -2.15. The highest BCUT2D eigenvalue weighted by Crippen LogP contribution is 2.39. The van der Waals surface area contributed by atoms with Crippen molar-refractivity contribution in [1.82, 2.24) is 10.2 Å². The number of carbonyl (C=O) groups excluding carboxylic acids is 1. The largest absolute Gasteiger partial charge is 0.419 e. The van der Waals surface area contributed by atoms with Crippen molar-refractivity contribution in [3.63, 3.8) is 0 Å². The number of aliphatic hydroxyl groups is 1. The maximum absolute atomic E-state index is 13.1. The highest BCUT2D eigenvalue weighted by molar-refractivity contribution is 5.89. The van der Waals surface area contributed by atoms with Crippen LogP contribution in [0.25, 0.3) is 0 Å². The summed E-state index contributed by atoms with van der Waals surface area (Å²) < 4.78 is 50.9. The van der Waals surface area contributed by atoms with Crippen LogP contribution in [-0.2, 0) is 6.18 Å². The second-order valence-corrected chi connectivity index (χ2v) is 9.57. The number of urea groups is 1. The van der Waals surface area contributed by atoms with E-state index in [0.29, 0.717) is 37.6 Å². The number of nitriles is 1. The average molecular weight is 521 g/mol. The van der Waals surface area contributed by atoms with Crippen molar-refractivity contribution in [3.8, 4) is 6.07 Å². The molecule has 3 N–H and O–H groups in total. The van der Waals surface area contributed by atoms with E-state index >= 15 is 0 Å². The summed E-state index contributed by atoms with van der Waals surface area (Å²) in [5.74, 6) is 0.0725. The Balaban J connectivity index is 0.000000231. The molecule has 1 saturated heterocycles. The number of nitrogens with one attached hydrogen (secondary N) is 2. The van der Waals surface area contributed by atoms with Crippen LogP contribution in [0.3, 0.4) is 0 Å². The van der Waals surface area contributed by atoms with Gasteiger partial charge in [0.2, 0.25) is 0 Å². The maximum Gasteiger partial charge on any atom is 0.419 e. The van der Waals surface area contributed by atoms with Crippen molar-refractivity contribution in [1.29, 1.82) is 5.26 Å². The minimum atomic E-state index is -4.82. The number of β-amino-alcohol motifs (C(OH)–C–C–N with tert-alkyl or cyclic N) is 1. The number of hydrogen-bond donors (Lipinski definition) is 3. The van der Waals surface area contributed by atoms with Gasteiger partial charge in [0.05, 0.1) is 23.3 Å². The first kappa shape index (κ1) is 28.4. The smallest absolute Gasteiger partial charge is 0.392 e. The van der Waals surface area contributed by atoms with Crippen LogP contribution >= 0.6 is 0 Å². The third-order valence-corrected chi connectivity index (χ3v) is 6.80. The van der Waals surface area contributed by atoms with Crippen molar-refractivity contribution in [2.24, 2.45) is 5.92 Å². The number of nitrogens with zero attached hydrogens (tertiary/aromatic N) is 2. The van der Waals surface area contributed by atoms with E-state index < -0.39 is 23.6 Å². The molecule has 4 rings (SSSR count). The third-order valence-electron chi connectivity index (χ3n) is 6.80. The highest BCUT2D eigenvalue weighted by atomic mass is 19.4. The van der Waals surface area contributed by atoms with Gasteiger partial charge < -0.3 is 15.7 Å². The van der Waals surface area contributed by atoms with Gasteiger partial charge in [0, 0.05) is 31.9 Å². The lowest BCUT2D eigenvalue weighted by Crippen LogP contribution is -2.36. The summed E-state index contributed by atoms with van der Waals surface area (Å²) in [5.41, 5.74) is 0.574. The van der Waals surface area contributed by atoms with E-state index in [1.807, 2.05) is 23.1 Å². The molecule has 0 radical (unpaired) electrons. The van der Waals surface area contributed by atoms with Crippen LogP contribution in [0.15, 0.2) is 42.5 Å². The normalized spacial score (nSPS) is 21.6. The predicted molar refractivity (Wildman–Crippen MR) is 132 cm³/mol. The van der Waals surface area contributed by atoms with Gasteiger partial charge in [0.25, 0.3) is 0 Å².